The van der Waals surface area contributed by atoms with Crippen LogP contribution in [0.3, 0.4) is 0 Å². The third-order valence-corrected chi connectivity index (χ3v) is 3.47. The molecule has 0 fully saturated rings. The van der Waals surface area contributed by atoms with Gasteiger partial charge in [-0.05, 0) is 24.8 Å². The summed E-state index contributed by atoms with van der Waals surface area (Å²) in [5, 5.41) is 8.75. The van der Waals surface area contributed by atoms with Gasteiger partial charge in [-0.2, -0.15) is 5.26 Å². The fourth-order valence-corrected chi connectivity index (χ4v) is 2.06. The molecule has 0 aliphatic heterocycles. The molecule has 0 aliphatic carbocycles. The molecule has 0 radical (unpaired) electrons. The normalized spacial score (nSPS) is 12.0. The quantitative estimate of drug-likeness (QED) is 0.702. The molecule has 120 valence electrons. The monoisotopic (exact) mass is 302 g/mol. The molecule has 1 aromatic rings. The first-order chi connectivity index (χ1) is 10.5. The number of ether oxygens (including phenoxy) is 1. The Hall–Kier alpha value is -1.86. The van der Waals surface area contributed by atoms with Gasteiger partial charge in [-0.3, -0.25) is 4.79 Å². The van der Waals surface area contributed by atoms with Crippen LogP contribution in [0, 0.1) is 17.2 Å². The molecule has 0 spiro atoms. The number of rotatable bonds is 9. The van der Waals surface area contributed by atoms with Crippen LogP contribution in [-0.2, 0) is 16.1 Å². The van der Waals surface area contributed by atoms with Gasteiger partial charge in [0.25, 0.3) is 5.91 Å². The molecule has 1 rings (SSSR count). The predicted molar refractivity (Wildman–Crippen MR) is 87.0 cm³/mol. The molecule has 1 amide bonds. The van der Waals surface area contributed by atoms with E-state index < -0.39 is 6.10 Å². The summed E-state index contributed by atoms with van der Waals surface area (Å²) in [6.07, 6.45) is 0.795. The zero-order valence-electron chi connectivity index (χ0n) is 13.8. The Morgan fingerprint density at radius 2 is 1.91 bits per heavy atom. The highest BCUT2D eigenvalue weighted by atomic mass is 16.5. The van der Waals surface area contributed by atoms with Crippen molar-refractivity contribution in [3.05, 3.63) is 35.9 Å². The highest BCUT2D eigenvalue weighted by Crippen LogP contribution is 2.09. The lowest BCUT2D eigenvalue weighted by atomic mass is 10.1. The molecule has 4 heteroatoms. The van der Waals surface area contributed by atoms with Crippen LogP contribution in [-0.4, -0.2) is 30.0 Å². The number of amides is 1. The van der Waals surface area contributed by atoms with E-state index >= 15 is 0 Å². The maximum absolute atomic E-state index is 12.5. The van der Waals surface area contributed by atoms with Crippen molar-refractivity contribution in [3.63, 3.8) is 0 Å². The summed E-state index contributed by atoms with van der Waals surface area (Å²) in [7, 11) is 0. The molecule has 0 bridgehead atoms. The van der Waals surface area contributed by atoms with E-state index in [2.05, 4.69) is 19.9 Å². The van der Waals surface area contributed by atoms with Gasteiger partial charge in [0.05, 0.1) is 19.1 Å². The Morgan fingerprint density at radius 3 is 2.50 bits per heavy atom. The number of benzene rings is 1. The van der Waals surface area contributed by atoms with E-state index in [0.717, 1.165) is 12.0 Å². The summed E-state index contributed by atoms with van der Waals surface area (Å²) in [6, 6.07) is 11.9. The van der Waals surface area contributed by atoms with Gasteiger partial charge in [0.1, 0.15) is 6.10 Å². The van der Waals surface area contributed by atoms with Crippen LogP contribution in [0.15, 0.2) is 30.3 Å². The third-order valence-electron chi connectivity index (χ3n) is 3.47. The molecule has 0 saturated carbocycles. The Balaban J connectivity index is 2.53. The van der Waals surface area contributed by atoms with Crippen molar-refractivity contribution < 1.29 is 9.53 Å². The van der Waals surface area contributed by atoms with Gasteiger partial charge in [-0.15, -0.1) is 0 Å². The van der Waals surface area contributed by atoms with E-state index in [4.69, 9.17) is 10.00 Å². The zero-order valence-corrected chi connectivity index (χ0v) is 13.8. The smallest absolute Gasteiger partial charge is 0.251 e. The van der Waals surface area contributed by atoms with E-state index in [1.54, 1.807) is 11.8 Å². The second-order valence-corrected chi connectivity index (χ2v) is 5.85. The van der Waals surface area contributed by atoms with Gasteiger partial charge >= 0.3 is 0 Å². The summed E-state index contributed by atoms with van der Waals surface area (Å²) < 4.78 is 5.68. The Morgan fingerprint density at radius 1 is 1.23 bits per heavy atom. The fourth-order valence-electron chi connectivity index (χ4n) is 2.06. The van der Waals surface area contributed by atoms with Crippen molar-refractivity contribution >= 4 is 5.91 Å². The average Bonchev–Trinajstić information content (AvgIpc) is 2.53. The van der Waals surface area contributed by atoms with Crippen molar-refractivity contribution in [3.8, 4) is 6.07 Å². The van der Waals surface area contributed by atoms with Gasteiger partial charge in [0.15, 0.2) is 0 Å². The number of carbonyl (C=O) groups excluding carboxylic acids is 1. The van der Waals surface area contributed by atoms with Gasteiger partial charge in [-0.25, -0.2) is 0 Å². The first-order valence-corrected chi connectivity index (χ1v) is 7.85. The SMILES string of the molecule is CC(C)CCN(CCC#N)C(=O)C(C)OCc1ccccc1. The minimum Gasteiger partial charge on any atom is -0.364 e. The van der Waals surface area contributed by atoms with Crippen molar-refractivity contribution in [1.82, 2.24) is 4.90 Å². The van der Waals surface area contributed by atoms with E-state index in [0.29, 0.717) is 32.0 Å². The molecule has 1 aromatic carbocycles. The van der Waals surface area contributed by atoms with Crippen LogP contribution < -0.4 is 0 Å². The molecule has 1 unspecified atom stereocenters. The van der Waals surface area contributed by atoms with E-state index in [9.17, 15) is 4.79 Å². The second kappa shape index (κ2) is 9.97. The highest BCUT2D eigenvalue weighted by Gasteiger charge is 2.21. The van der Waals surface area contributed by atoms with Crippen molar-refractivity contribution in [1.29, 1.82) is 5.26 Å². The number of hydrogen-bond acceptors (Lipinski definition) is 3. The van der Waals surface area contributed by atoms with E-state index in [-0.39, 0.29) is 5.91 Å². The molecule has 4 nitrogen and oxygen atoms in total. The van der Waals surface area contributed by atoms with Gasteiger partial charge in [0, 0.05) is 13.1 Å². The van der Waals surface area contributed by atoms with Gasteiger partial charge < -0.3 is 9.64 Å². The summed E-state index contributed by atoms with van der Waals surface area (Å²) in [5.41, 5.74) is 1.05. The van der Waals surface area contributed by atoms with Crippen LogP contribution in [0.5, 0.6) is 0 Å². The first kappa shape index (κ1) is 18.2. The summed E-state index contributed by atoms with van der Waals surface area (Å²) in [6.45, 7) is 7.60. The van der Waals surface area contributed by atoms with Gasteiger partial charge in [0.2, 0.25) is 0 Å². The first-order valence-electron chi connectivity index (χ1n) is 7.85. The van der Waals surface area contributed by atoms with Crippen molar-refractivity contribution in [2.24, 2.45) is 5.92 Å². The summed E-state index contributed by atoms with van der Waals surface area (Å²) in [4.78, 5) is 14.2. The molecule has 22 heavy (non-hydrogen) atoms. The van der Waals surface area contributed by atoms with Crippen molar-refractivity contribution in [2.45, 2.75) is 46.3 Å². The van der Waals surface area contributed by atoms with Crippen LogP contribution >= 0.6 is 0 Å². The maximum atomic E-state index is 12.5. The van der Waals surface area contributed by atoms with Crippen LogP contribution in [0.4, 0.5) is 0 Å². The van der Waals surface area contributed by atoms with Crippen LogP contribution in [0.25, 0.3) is 0 Å². The van der Waals surface area contributed by atoms with E-state index in [1.807, 2.05) is 30.3 Å². The lowest BCUT2D eigenvalue weighted by Crippen LogP contribution is -2.40. The minimum absolute atomic E-state index is 0.0353. The Labute approximate surface area is 133 Å². The average molecular weight is 302 g/mol. The molecule has 0 aromatic heterocycles. The molecular weight excluding hydrogens is 276 g/mol. The van der Waals surface area contributed by atoms with E-state index in [1.165, 1.54) is 0 Å². The predicted octanol–water partition coefficient (Wildman–Crippen LogP) is 3.38. The highest BCUT2D eigenvalue weighted by molar-refractivity contribution is 5.80. The minimum atomic E-state index is -0.494. The van der Waals surface area contributed by atoms with Gasteiger partial charge in [-0.1, -0.05) is 44.2 Å². The lowest BCUT2D eigenvalue weighted by molar-refractivity contribution is -0.143. The number of carbonyl (C=O) groups is 1. The summed E-state index contributed by atoms with van der Waals surface area (Å²) >= 11 is 0. The molecule has 0 aliphatic rings. The molecule has 0 saturated heterocycles. The molecule has 0 N–H and O–H groups in total. The Kier molecular flexibility index (Phi) is 8.24. The number of nitrogens with zero attached hydrogens (tertiary/aromatic N) is 2. The largest absolute Gasteiger partial charge is 0.364 e. The second-order valence-electron chi connectivity index (χ2n) is 5.85. The third kappa shape index (κ3) is 6.73. The fraction of sp³-hybridized carbons (Fsp3) is 0.556. The molecule has 1 atom stereocenters. The number of hydrogen-bond donors (Lipinski definition) is 0. The van der Waals surface area contributed by atoms with Crippen molar-refractivity contribution in [2.75, 3.05) is 13.1 Å². The zero-order chi connectivity index (χ0) is 16.4. The maximum Gasteiger partial charge on any atom is 0.251 e. The molecular formula is C18H26N2O2. The Bertz CT molecular complexity index is 480. The molecule has 0 heterocycles. The van der Waals surface area contributed by atoms with Crippen LogP contribution in [0.2, 0.25) is 0 Å². The summed E-state index contributed by atoms with van der Waals surface area (Å²) in [5.74, 6) is 0.491. The standard InChI is InChI=1S/C18H26N2O2/c1-15(2)10-13-20(12-7-11-19)18(21)16(3)22-14-17-8-5-4-6-9-17/h4-6,8-9,15-16H,7,10,12-14H2,1-3H3. The van der Waals surface area contributed by atoms with Crippen LogP contribution in [0.1, 0.15) is 39.2 Å². The topological polar surface area (TPSA) is 53.3 Å². The lowest BCUT2D eigenvalue weighted by Gasteiger charge is -2.26. The number of nitriles is 1.